The van der Waals surface area contributed by atoms with Gasteiger partial charge in [-0.2, -0.15) is 0 Å². The van der Waals surface area contributed by atoms with Crippen molar-refractivity contribution in [1.82, 2.24) is 25.5 Å². The number of amides is 1. The van der Waals surface area contributed by atoms with Crippen molar-refractivity contribution in [3.63, 3.8) is 0 Å². The zero-order valence-corrected chi connectivity index (χ0v) is 17.5. The van der Waals surface area contributed by atoms with Crippen LogP contribution >= 0.6 is 0 Å². The number of hydrogen-bond donors (Lipinski definition) is 2. The Morgan fingerprint density at radius 2 is 1.56 bits per heavy atom. The molecule has 0 atom stereocenters. The molecule has 2 N–H and O–H groups in total. The molecule has 2 aromatic heterocycles. The summed E-state index contributed by atoms with van der Waals surface area (Å²) in [5.41, 5.74) is 6.08. The number of carbonyl (C=O) groups excluding carboxylic acids is 1. The first kappa shape index (κ1) is 19.6. The van der Waals surface area contributed by atoms with Crippen LogP contribution in [-0.4, -0.2) is 33.1 Å². The van der Waals surface area contributed by atoms with Crippen molar-refractivity contribution >= 4 is 16.8 Å². The first-order chi connectivity index (χ1) is 15.7. The van der Waals surface area contributed by atoms with Crippen molar-refractivity contribution in [2.75, 3.05) is 7.05 Å². The summed E-state index contributed by atoms with van der Waals surface area (Å²) >= 11 is 0. The second-order valence-corrected chi connectivity index (χ2v) is 7.48. The van der Waals surface area contributed by atoms with Gasteiger partial charge in [-0.3, -0.25) is 4.79 Å². The molecule has 0 aliphatic carbocycles. The fourth-order valence-electron chi connectivity index (χ4n) is 3.80. The number of nitrogens with zero attached hydrogens (tertiary/aromatic N) is 3. The van der Waals surface area contributed by atoms with E-state index >= 15 is 0 Å². The van der Waals surface area contributed by atoms with E-state index in [1.807, 2.05) is 60.8 Å². The van der Waals surface area contributed by atoms with Gasteiger partial charge in [-0.05, 0) is 23.8 Å². The van der Waals surface area contributed by atoms with Gasteiger partial charge in [-0.25, -0.2) is 4.98 Å². The van der Waals surface area contributed by atoms with Crippen molar-refractivity contribution in [2.45, 2.75) is 6.42 Å². The van der Waals surface area contributed by atoms with Gasteiger partial charge in [-0.15, -0.1) is 10.2 Å². The minimum Gasteiger partial charge on any atom is -0.361 e. The van der Waals surface area contributed by atoms with E-state index < -0.39 is 0 Å². The molecule has 0 unspecified atom stereocenters. The van der Waals surface area contributed by atoms with Gasteiger partial charge in [0, 0.05) is 47.3 Å². The quantitative estimate of drug-likeness (QED) is 0.435. The minimum absolute atomic E-state index is 0.127. The SMILES string of the molecule is CNC(=O)c1ccc(-c2nnc(Cc3c[nH]c4ccccc34)nc2-c2ccccc2)cc1. The maximum absolute atomic E-state index is 11.9. The third-order valence-corrected chi connectivity index (χ3v) is 5.45. The molecule has 0 saturated heterocycles. The zero-order valence-electron chi connectivity index (χ0n) is 17.5. The highest BCUT2D eigenvalue weighted by atomic mass is 16.1. The Labute approximate surface area is 185 Å². The molecule has 0 fully saturated rings. The molecule has 0 bridgehead atoms. The van der Waals surface area contributed by atoms with Crippen molar-refractivity contribution in [2.24, 2.45) is 0 Å². The van der Waals surface area contributed by atoms with Gasteiger partial charge in [0.05, 0.1) is 0 Å². The van der Waals surface area contributed by atoms with Crippen LogP contribution in [0.4, 0.5) is 0 Å². The molecular weight excluding hydrogens is 398 g/mol. The third-order valence-electron chi connectivity index (χ3n) is 5.45. The lowest BCUT2D eigenvalue weighted by molar-refractivity contribution is 0.0963. The van der Waals surface area contributed by atoms with Crippen LogP contribution in [-0.2, 0) is 6.42 Å². The number of aromatic nitrogens is 4. The van der Waals surface area contributed by atoms with Crippen LogP contribution in [0.25, 0.3) is 33.4 Å². The average molecular weight is 419 g/mol. The normalized spacial score (nSPS) is 10.9. The van der Waals surface area contributed by atoms with Crippen LogP contribution in [0.1, 0.15) is 21.7 Å². The van der Waals surface area contributed by atoms with Gasteiger partial charge in [0.2, 0.25) is 0 Å². The lowest BCUT2D eigenvalue weighted by Crippen LogP contribution is -2.17. The highest BCUT2D eigenvalue weighted by Crippen LogP contribution is 2.29. The van der Waals surface area contributed by atoms with E-state index in [1.165, 1.54) is 0 Å². The number of aromatic amines is 1. The first-order valence-corrected chi connectivity index (χ1v) is 10.4. The molecule has 156 valence electrons. The highest BCUT2D eigenvalue weighted by Gasteiger charge is 2.15. The molecule has 0 aliphatic rings. The molecule has 0 spiro atoms. The molecule has 2 heterocycles. The first-order valence-electron chi connectivity index (χ1n) is 10.4. The minimum atomic E-state index is -0.127. The van der Waals surface area contributed by atoms with Crippen LogP contribution in [0.2, 0.25) is 0 Å². The summed E-state index contributed by atoms with van der Waals surface area (Å²) < 4.78 is 0. The Bertz CT molecular complexity index is 1390. The molecule has 0 aliphatic heterocycles. The zero-order chi connectivity index (χ0) is 21.9. The Morgan fingerprint density at radius 3 is 2.34 bits per heavy atom. The molecular formula is C26H21N5O. The summed E-state index contributed by atoms with van der Waals surface area (Å²) in [7, 11) is 1.62. The number of H-pyrrole nitrogens is 1. The molecule has 5 rings (SSSR count). The number of para-hydroxylation sites is 1. The van der Waals surface area contributed by atoms with E-state index in [2.05, 4.69) is 32.6 Å². The number of benzene rings is 3. The molecule has 6 nitrogen and oxygen atoms in total. The van der Waals surface area contributed by atoms with Crippen LogP contribution in [0.5, 0.6) is 0 Å². The summed E-state index contributed by atoms with van der Waals surface area (Å²) in [5.74, 6) is 0.525. The Kier molecular flexibility index (Phi) is 5.17. The average Bonchev–Trinajstić information content (AvgIpc) is 3.27. The van der Waals surface area contributed by atoms with Crippen LogP contribution < -0.4 is 5.32 Å². The smallest absolute Gasteiger partial charge is 0.251 e. The number of nitrogens with one attached hydrogen (secondary N) is 2. The maximum Gasteiger partial charge on any atom is 0.251 e. The van der Waals surface area contributed by atoms with Gasteiger partial charge in [0.1, 0.15) is 11.4 Å². The van der Waals surface area contributed by atoms with Crippen LogP contribution in [0.3, 0.4) is 0 Å². The van der Waals surface area contributed by atoms with Crippen molar-refractivity contribution in [1.29, 1.82) is 0 Å². The van der Waals surface area contributed by atoms with Gasteiger partial charge >= 0.3 is 0 Å². The number of fused-ring (bicyclic) bond motifs is 1. The topological polar surface area (TPSA) is 83.6 Å². The second kappa shape index (κ2) is 8.43. The standard InChI is InChI=1S/C26H21N5O/c1-27-26(32)19-13-11-18(12-14-19)25-24(17-7-3-2-4-8-17)29-23(30-31-25)15-20-16-28-22-10-6-5-9-21(20)22/h2-14,16,28H,15H2,1H3,(H,27,32). The predicted octanol–water partition coefficient (Wildman–Crippen LogP) is 4.64. The predicted molar refractivity (Wildman–Crippen MR) is 125 cm³/mol. The van der Waals surface area contributed by atoms with E-state index in [1.54, 1.807) is 19.2 Å². The number of carbonyl (C=O) groups is 1. The van der Waals surface area contributed by atoms with E-state index in [0.717, 1.165) is 33.3 Å². The highest BCUT2D eigenvalue weighted by molar-refractivity contribution is 5.94. The Balaban J connectivity index is 1.56. The van der Waals surface area contributed by atoms with Gasteiger partial charge in [-0.1, -0.05) is 60.7 Å². The van der Waals surface area contributed by atoms with Crippen LogP contribution in [0.15, 0.2) is 85.1 Å². The maximum atomic E-state index is 11.9. The molecule has 5 aromatic rings. The fourth-order valence-corrected chi connectivity index (χ4v) is 3.80. The Hall–Kier alpha value is -4.32. The van der Waals surface area contributed by atoms with Gasteiger partial charge < -0.3 is 10.3 Å². The number of rotatable bonds is 5. The van der Waals surface area contributed by atoms with E-state index in [9.17, 15) is 4.79 Å². The van der Waals surface area contributed by atoms with E-state index in [0.29, 0.717) is 23.5 Å². The second-order valence-electron chi connectivity index (χ2n) is 7.48. The molecule has 32 heavy (non-hydrogen) atoms. The van der Waals surface area contributed by atoms with Crippen molar-refractivity contribution in [3.8, 4) is 22.5 Å². The third kappa shape index (κ3) is 3.74. The lowest BCUT2D eigenvalue weighted by atomic mass is 10.0. The summed E-state index contributed by atoms with van der Waals surface area (Å²) in [5, 5.41) is 12.8. The summed E-state index contributed by atoms with van der Waals surface area (Å²) in [6.45, 7) is 0. The molecule has 1 amide bonds. The monoisotopic (exact) mass is 419 g/mol. The van der Waals surface area contributed by atoms with Crippen molar-refractivity contribution in [3.05, 3.63) is 102 Å². The largest absolute Gasteiger partial charge is 0.361 e. The summed E-state index contributed by atoms with van der Waals surface area (Å²) in [6, 6.07) is 25.5. The Morgan fingerprint density at radius 1 is 0.844 bits per heavy atom. The molecule has 0 radical (unpaired) electrons. The van der Waals surface area contributed by atoms with Crippen molar-refractivity contribution < 1.29 is 4.79 Å². The molecule has 0 saturated carbocycles. The van der Waals surface area contributed by atoms with E-state index in [4.69, 9.17) is 4.98 Å². The fraction of sp³-hybridized carbons (Fsp3) is 0.0769. The molecule has 6 heteroatoms. The van der Waals surface area contributed by atoms with Gasteiger partial charge in [0.15, 0.2) is 5.82 Å². The lowest BCUT2D eigenvalue weighted by Gasteiger charge is -2.10. The van der Waals surface area contributed by atoms with Gasteiger partial charge in [0.25, 0.3) is 5.91 Å². The van der Waals surface area contributed by atoms with E-state index in [-0.39, 0.29) is 5.91 Å². The number of hydrogen-bond acceptors (Lipinski definition) is 4. The summed E-state index contributed by atoms with van der Waals surface area (Å²) in [6.07, 6.45) is 2.58. The molecule has 3 aromatic carbocycles. The summed E-state index contributed by atoms with van der Waals surface area (Å²) in [4.78, 5) is 20.1. The van der Waals surface area contributed by atoms with Crippen LogP contribution in [0, 0.1) is 0 Å².